The van der Waals surface area contributed by atoms with Crippen LogP contribution in [0, 0.1) is 6.92 Å². The van der Waals surface area contributed by atoms with Gasteiger partial charge in [0.1, 0.15) is 12.5 Å². The van der Waals surface area contributed by atoms with E-state index in [2.05, 4.69) is 6.92 Å². The second-order valence-electron chi connectivity index (χ2n) is 3.28. The van der Waals surface area contributed by atoms with Gasteiger partial charge in [0.05, 0.1) is 6.10 Å². The molecule has 3 heteroatoms. The van der Waals surface area contributed by atoms with Gasteiger partial charge in [-0.15, -0.1) is 0 Å². The molecule has 0 N–H and O–H groups in total. The molecular weight excluding hydrogens is 192 g/mol. The van der Waals surface area contributed by atoms with Crippen LogP contribution in [-0.2, 0) is 20.6 Å². The molecule has 0 aromatic heterocycles. The van der Waals surface area contributed by atoms with Crippen molar-refractivity contribution < 1.29 is 14.2 Å². The zero-order chi connectivity index (χ0) is 10.5. The number of rotatable bonds is 4. The van der Waals surface area contributed by atoms with Crippen LogP contribution in [0.2, 0.25) is 0 Å². The molecule has 2 rings (SSSR count). The Bertz CT molecular complexity index is 313. The van der Waals surface area contributed by atoms with Gasteiger partial charge in [0.15, 0.2) is 0 Å². The third-order valence-electron chi connectivity index (χ3n) is 2.04. The SMILES string of the molecule is [CH2]C(Cc1ccccc1)OC1OC=CO1. The van der Waals surface area contributed by atoms with Crippen LogP contribution in [0.5, 0.6) is 0 Å². The molecule has 0 amide bonds. The van der Waals surface area contributed by atoms with Crippen LogP contribution in [0.3, 0.4) is 0 Å². The summed E-state index contributed by atoms with van der Waals surface area (Å²) in [6.45, 7) is 3.24. The van der Waals surface area contributed by atoms with Gasteiger partial charge in [0.2, 0.25) is 0 Å². The summed E-state index contributed by atoms with van der Waals surface area (Å²) in [7, 11) is 0. The van der Waals surface area contributed by atoms with Gasteiger partial charge in [0, 0.05) is 0 Å². The first-order chi connectivity index (χ1) is 7.34. The zero-order valence-electron chi connectivity index (χ0n) is 8.34. The van der Waals surface area contributed by atoms with Crippen LogP contribution in [-0.4, -0.2) is 12.6 Å². The molecule has 1 aliphatic heterocycles. The molecule has 1 aromatic rings. The smallest absolute Gasteiger partial charge is 0.360 e. The molecule has 0 fully saturated rings. The van der Waals surface area contributed by atoms with Crippen LogP contribution in [0.4, 0.5) is 0 Å². The third kappa shape index (κ3) is 2.99. The van der Waals surface area contributed by atoms with Crippen LogP contribution in [0.1, 0.15) is 5.56 Å². The van der Waals surface area contributed by atoms with Crippen molar-refractivity contribution in [1.29, 1.82) is 0 Å². The summed E-state index contributed by atoms with van der Waals surface area (Å²) >= 11 is 0. The van der Waals surface area contributed by atoms with Crippen molar-refractivity contribution in [1.82, 2.24) is 0 Å². The lowest BCUT2D eigenvalue weighted by Crippen LogP contribution is -2.22. The fraction of sp³-hybridized carbons (Fsp3) is 0.250. The van der Waals surface area contributed by atoms with Crippen LogP contribution in [0.15, 0.2) is 42.9 Å². The van der Waals surface area contributed by atoms with E-state index in [9.17, 15) is 0 Å². The van der Waals surface area contributed by atoms with Crippen molar-refractivity contribution in [2.24, 2.45) is 0 Å². The Morgan fingerprint density at radius 1 is 1.20 bits per heavy atom. The maximum Gasteiger partial charge on any atom is 0.360 e. The van der Waals surface area contributed by atoms with Gasteiger partial charge in [-0.05, 0) is 18.9 Å². The summed E-state index contributed by atoms with van der Waals surface area (Å²) in [4.78, 5) is 0. The van der Waals surface area contributed by atoms with E-state index in [0.717, 1.165) is 6.42 Å². The normalized spacial score (nSPS) is 17.1. The first kappa shape index (κ1) is 10.1. The maximum absolute atomic E-state index is 5.40. The first-order valence-electron chi connectivity index (χ1n) is 4.83. The van der Waals surface area contributed by atoms with Crippen LogP contribution in [0.25, 0.3) is 0 Å². The van der Waals surface area contributed by atoms with Crippen molar-refractivity contribution in [2.75, 3.05) is 0 Å². The highest BCUT2D eigenvalue weighted by molar-refractivity contribution is 5.15. The van der Waals surface area contributed by atoms with E-state index in [1.54, 1.807) is 0 Å². The number of hydrogen-bond donors (Lipinski definition) is 0. The third-order valence-corrected chi connectivity index (χ3v) is 2.04. The Morgan fingerprint density at radius 3 is 2.53 bits per heavy atom. The monoisotopic (exact) mass is 205 g/mol. The van der Waals surface area contributed by atoms with Crippen molar-refractivity contribution in [2.45, 2.75) is 19.0 Å². The summed E-state index contributed by atoms with van der Waals surface area (Å²) in [5.74, 6) is 0. The summed E-state index contributed by atoms with van der Waals surface area (Å²) in [5.41, 5.74) is 1.18. The highest BCUT2D eigenvalue weighted by atomic mass is 16.9. The van der Waals surface area contributed by atoms with Crippen LogP contribution >= 0.6 is 0 Å². The Balaban J connectivity index is 1.79. The van der Waals surface area contributed by atoms with Crippen molar-refractivity contribution >= 4 is 0 Å². The van der Waals surface area contributed by atoms with E-state index in [0.29, 0.717) is 0 Å². The molecule has 1 radical (unpaired) electrons. The van der Waals surface area contributed by atoms with Gasteiger partial charge in [-0.25, -0.2) is 0 Å². The largest absolute Gasteiger partial charge is 0.437 e. The van der Waals surface area contributed by atoms with E-state index < -0.39 is 6.48 Å². The molecule has 1 heterocycles. The Morgan fingerprint density at radius 2 is 1.87 bits per heavy atom. The fourth-order valence-corrected chi connectivity index (χ4v) is 1.37. The molecule has 0 bridgehead atoms. The first-order valence-corrected chi connectivity index (χ1v) is 4.83. The molecular formula is C12H13O3. The van der Waals surface area contributed by atoms with Crippen LogP contribution < -0.4 is 0 Å². The number of hydrogen-bond acceptors (Lipinski definition) is 3. The molecule has 79 valence electrons. The number of ether oxygens (including phenoxy) is 3. The van der Waals surface area contributed by atoms with Gasteiger partial charge < -0.3 is 14.2 Å². The summed E-state index contributed by atoms with van der Waals surface area (Å²) < 4.78 is 15.4. The molecule has 1 aromatic carbocycles. The van der Waals surface area contributed by atoms with Crippen molar-refractivity contribution in [3.05, 3.63) is 55.3 Å². The van der Waals surface area contributed by atoms with Gasteiger partial charge >= 0.3 is 6.48 Å². The highest BCUT2D eigenvalue weighted by Crippen LogP contribution is 2.12. The minimum atomic E-state index is -0.642. The Kier molecular flexibility index (Phi) is 3.25. The van der Waals surface area contributed by atoms with Crippen molar-refractivity contribution in [3.8, 4) is 0 Å². The topological polar surface area (TPSA) is 27.7 Å². The second-order valence-corrected chi connectivity index (χ2v) is 3.28. The molecule has 1 unspecified atom stereocenters. The summed E-state index contributed by atoms with van der Waals surface area (Å²) in [5, 5.41) is 0. The molecule has 0 saturated carbocycles. The Labute approximate surface area is 89.3 Å². The van der Waals surface area contributed by atoms with Gasteiger partial charge in [-0.1, -0.05) is 30.3 Å². The second kappa shape index (κ2) is 4.84. The van der Waals surface area contributed by atoms with E-state index in [1.165, 1.54) is 18.1 Å². The van der Waals surface area contributed by atoms with Gasteiger partial charge in [-0.3, -0.25) is 0 Å². The fourth-order valence-electron chi connectivity index (χ4n) is 1.37. The molecule has 0 aliphatic carbocycles. The average molecular weight is 205 g/mol. The number of benzene rings is 1. The molecule has 0 saturated heterocycles. The summed E-state index contributed by atoms with van der Waals surface area (Å²) in [6, 6.07) is 10.0. The van der Waals surface area contributed by atoms with E-state index in [-0.39, 0.29) is 6.10 Å². The van der Waals surface area contributed by atoms with E-state index in [1.807, 2.05) is 30.3 Å². The average Bonchev–Trinajstić information content (AvgIpc) is 2.71. The molecule has 1 atom stereocenters. The summed E-state index contributed by atoms with van der Waals surface area (Å²) in [6.07, 6.45) is 3.47. The predicted octanol–water partition coefficient (Wildman–Crippen LogP) is 2.25. The van der Waals surface area contributed by atoms with Gasteiger partial charge in [-0.2, -0.15) is 0 Å². The lowest BCUT2D eigenvalue weighted by Gasteiger charge is -2.17. The minimum Gasteiger partial charge on any atom is -0.437 e. The minimum absolute atomic E-state index is 0.183. The Hall–Kier alpha value is -1.48. The van der Waals surface area contributed by atoms with E-state index in [4.69, 9.17) is 14.2 Å². The highest BCUT2D eigenvalue weighted by Gasteiger charge is 2.16. The molecule has 15 heavy (non-hydrogen) atoms. The van der Waals surface area contributed by atoms with E-state index >= 15 is 0 Å². The predicted molar refractivity (Wildman–Crippen MR) is 55.5 cm³/mol. The molecule has 0 spiro atoms. The maximum atomic E-state index is 5.40. The van der Waals surface area contributed by atoms with Gasteiger partial charge in [0.25, 0.3) is 0 Å². The molecule has 1 aliphatic rings. The lowest BCUT2D eigenvalue weighted by molar-refractivity contribution is -0.233. The van der Waals surface area contributed by atoms with Crippen molar-refractivity contribution in [3.63, 3.8) is 0 Å². The molecule has 3 nitrogen and oxygen atoms in total. The quantitative estimate of drug-likeness (QED) is 0.754. The lowest BCUT2D eigenvalue weighted by atomic mass is 10.1. The standard InChI is InChI=1S/C12H13O3/c1-10(15-12-13-7-8-14-12)9-11-5-3-2-4-6-11/h2-8,10,12H,1,9H2. The zero-order valence-corrected chi connectivity index (χ0v) is 8.34.